The Bertz CT molecular complexity index is 996. The molecule has 136 valence electrons. The van der Waals surface area contributed by atoms with Crippen LogP contribution in [-0.4, -0.2) is 13.4 Å². The summed E-state index contributed by atoms with van der Waals surface area (Å²) in [5.41, 5.74) is 0.881. The van der Waals surface area contributed by atoms with Crippen molar-refractivity contribution in [3.05, 3.63) is 70.4 Å². The van der Waals surface area contributed by atoms with Crippen molar-refractivity contribution in [3.63, 3.8) is 0 Å². The number of benzene rings is 2. The van der Waals surface area contributed by atoms with Gasteiger partial charge in [0.05, 0.1) is 5.02 Å². The van der Waals surface area contributed by atoms with Crippen molar-refractivity contribution in [1.29, 1.82) is 0 Å². The summed E-state index contributed by atoms with van der Waals surface area (Å²) in [7, 11) is -4.15. The third kappa shape index (κ3) is 4.14. The van der Waals surface area contributed by atoms with Gasteiger partial charge in [-0.2, -0.15) is 0 Å². The number of nitrogens with one attached hydrogen (secondary N) is 1. The van der Waals surface area contributed by atoms with Gasteiger partial charge in [-0.05, 0) is 18.6 Å². The van der Waals surface area contributed by atoms with Crippen LogP contribution in [0.1, 0.15) is 18.6 Å². The largest absolute Gasteiger partial charge is 0.484 e. The standard InChI is InChI=1S/C17H14ClFN2O3S2/c1-11(12-5-3-2-4-6-12)24-15-10-14(19)16(9-13(15)18)26(22,23)21-17-20-7-8-25-17/h2-11H,1H3,(H,20,21). The number of halogens is 2. The van der Waals surface area contributed by atoms with Crippen LogP contribution in [0.25, 0.3) is 0 Å². The summed E-state index contributed by atoms with van der Waals surface area (Å²) >= 11 is 7.21. The second-order valence-corrected chi connectivity index (χ2v) is 8.28. The summed E-state index contributed by atoms with van der Waals surface area (Å²) in [5.74, 6) is -0.901. The van der Waals surface area contributed by atoms with E-state index in [1.54, 1.807) is 12.3 Å². The van der Waals surface area contributed by atoms with Gasteiger partial charge in [-0.15, -0.1) is 11.3 Å². The Kier molecular flexibility index (Phi) is 5.45. The maximum Gasteiger partial charge on any atom is 0.266 e. The summed E-state index contributed by atoms with van der Waals surface area (Å²) in [4.78, 5) is 3.25. The molecule has 1 N–H and O–H groups in total. The number of anilines is 1. The van der Waals surface area contributed by atoms with E-state index in [1.807, 2.05) is 30.3 Å². The van der Waals surface area contributed by atoms with Crippen molar-refractivity contribution in [3.8, 4) is 5.75 Å². The average Bonchev–Trinajstić information content (AvgIpc) is 3.10. The molecule has 3 rings (SSSR count). The summed E-state index contributed by atoms with van der Waals surface area (Å²) < 4.78 is 47.0. The normalized spacial score (nSPS) is 12.6. The molecule has 26 heavy (non-hydrogen) atoms. The van der Waals surface area contributed by atoms with Crippen LogP contribution >= 0.6 is 22.9 Å². The quantitative estimate of drug-likeness (QED) is 0.626. The monoisotopic (exact) mass is 412 g/mol. The molecule has 0 saturated carbocycles. The highest BCUT2D eigenvalue weighted by Crippen LogP contribution is 2.33. The van der Waals surface area contributed by atoms with E-state index in [4.69, 9.17) is 16.3 Å². The molecule has 9 heteroatoms. The molecule has 1 heterocycles. The van der Waals surface area contributed by atoms with E-state index in [9.17, 15) is 12.8 Å². The van der Waals surface area contributed by atoms with Crippen LogP contribution in [0.3, 0.4) is 0 Å². The highest BCUT2D eigenvalue weighted by molar-refractivity contribution is 7.93. The van der Waals surface area contributed by atoms with Gasteiger partial charge in [0.2, 0.25) is 0 Å². The van der Waals surface area contributed by atoms with Crippen LogP contribution in [0.2, 0.25) is 5.02 Å². The van der Waals surface area contributed by atoms with E-state index >= 15 is 0 Å². The molecule has 0 amide bonds. The number of hydrogen-bond acceptors (Lipinski definition) is 5. The van der Waals surface area contributed by atoms with Crippen molar-refractivity contribution in [2.24, 2.45) is 0 Å². The smallest absolute Gasteiger partial charge is 0.266 e. The summed E-state index contributed by atoms with van der Waals surface area (Å²) in [6.45, 7) is 1.79. The number of ether oxygens (including phenoxy) is 1. The summed E-state index contributed by atoms with van der Waals surface area (Å²) in [6.07, 6.45) is 1.05. The Balaban J connectivity index is 1.86. The Hall–Kier alpha value is -2.16. The molecule has 0 aliphatic rings. The highest BCUT2D eigenvalue weighted by atomic mass is 35.5. The Morgan fingerprint density at radius 1 is 1.27 bits per heavy atom. The molecule has 3 aromatic rings. The van der Waals surface area contributed by atoms with Gasteiger partial charge in [-0.3, -0.25) is 4.72 Å². The number of sulfonamides is 1. The van der Waals surface area contributed by atoms with Crippen LogP contribution in [-0.2, 0) is 10.0 Å². The van der Waals surface area contributed by atoms with Gasteiger partial charge in [0.15, 0.2) is 5.13 Å². The Morgan fingerprint density at radius 3 is 2.65 bits per heavy atom. The van der Waals surface area contributed by atoms with Crippen molar-refractivity contribution >= 4 is 38.1 Å². The molecule has 5 nitrogen and oxygen atoms in total. The molecule has 0 aliphatic carbocycles. The molecule has 0 aliphatic heterocycles. The maximum absolute atomic E-state index is 14.4. The van der Waals surface area contributed by atoms with E-state index in [1.165, 1.54) is 6.20 Å². The van der Waals surface area contributed by atoms with Crippen LogP contribution in [0.15, 0.2) is 58.9 Å². The Labute approximate surface area is 159 Å². The lowest BCUT2D eigenvalue weighted by Gasteiger charge is -2.17. The van der Waals surface area contributed by atoms with E-state index in [2.05, 4.69) is 9.71 Å². The van der Waals surface area contributed by atoms with Gasteiger partial charge in [0.25, 0.3) is 10.0 Å². The fraction of sp³-hybridized carbons (Fsp3) is 0.118. The molecule has 1 aromatic heterocycles. The van der Waals surface area contributed by atoms with Crippen molar-refractivity contribution in [2.45, 2.75) is 17.9 Å². The van der Waals surface area contributed by atoms with Crippen LogP contribution < -0.4 is 9.46 Å². The van der Waals surface area contributed by atoms with Gasteiger partial charge < -0.3 is 4.74 Å². The van der Waals surface area contributed by atoms with E-state index in [0.717, 1.165) is 29.0 Å². The maximum atomic E-state index is 14.4. The van der Waals surface area contributed by atoms with E-state index in [0.29, 0.717) is 0 Å². The van der Waals surface area contributed by atoms with Crippen molar-refractivity contribution in [1.82, 2.24) is 4.98 Å². The van der Waals surface area contributed by atoms with E-state index in [-0.39, 0.29) is 22.0 Å². The van der Waals surface area contributed by atoms with Gasteiger partial charge >= 0.3 is 0 Å². The first-order valence-corrected chi connectivity index (χ1v) is 10.2. The minimum absolute atomic E-state index is 0.00584. The number of thiazole rings is 1. The molecule has 1 unspecified atom stereocenters. The van der Waals surface area contributed by atoms with Crippen LogP contribution in [0, 0.1) is 5.82 Å². The second-order valence-electron chi connectivity index (χ2n) is 5.33. The molecular weight excluding hydrogens is 399 g/mol. The van der Waals surface area contributed by atoms with Gasteiger partial charge in [0.1, 0.15) is 22.6 Å². The lowest BCUT2D eigenvalue weighted by Crippen LogP contribution is -2.15. The molecule has 0 radical (unpaired) electrons. The third-order valence-corrected chi connectivity index (χ3v) is 5.97. The number of aromatic nitrogens is 1. The first kappa shape index (κ1) is 18.6. The molecule has 2 aromatic carbocycles. The van der Waals surface area contributed by atoms with E-state index < -0.39 is 20.7 Å². The van der Waals surface area contributed by atoms with Crippen LogP contribution in [0.4, 0.5) is 9.52 Å². The first-order valence-electron chi connectivity index (χ1n) is 7.50. The SMILES string of the molecule is CC(Oc1cc(F)c(S(=O)(=O)Nc2nccs2)cc1Cl)c1ccccc1. The van der Waals surface area contributed by atoms with Gasteiger partial charge in [-0.25, -0.2) is 17.8 Å². The minimum atomic E-state index is -4.15. The molecule has 0 spiro atoms. The lowest BCUT2D eigenvalue weighted by molar-refractivity contribution is 0.226. The lowest BCUT2D eigenvalue weighted by atomic mass is 10.1. The summed E-state index contributed by atoms with van der Waals surface area (Å²) in [6, 6.07) is 11.3. The van der Waals surface area contributed by atoms with Crippen molar-refractivity contribution in [2.75, 3.05) is 4.72 Å². The second kappa shape index (κ2) is 7.61. The first-order chi connectivity index (χ1) is 12.4. The van der Waals surface area contributed by atoms with Gasteiger partial charge in [0, 0.05) is 17.6 Å². The number of nitrogens with zero attached hydrogens (tertiary/aromatic N) is 1. The summed E-state index contributed by atoms with van der Waals surface area (Å²) in [5, 5.41) is 1.73. The van der Waals surface area contributed by atoms with Gasteiger partial charge in [-0.1, -0.05) is 41.9 Å². The van der Waals surface area contributed by atoms with Crippen molar-refractivity contribution < 1.29 is 17.5 Å². The molecule has 1 atom stereocenters. The molecule has 0 saturated heterocycles. The predicted octanol–water partition coefficient (Wildman–Crippen LogP) is 4.88. The molecule has 0 bridgehead atoms. The predicted molar refractivity (Wildman–Crippen MR) is 99.8 cm³/mol. The topological polar surface area (TPSA) is 68.3 Å². The fourth-order valence-electron chi connectivity index (χ4n) is 2.23. The average molecular weight is 413 g/mol. The zero-order valence-corrected chi connectivity index (χ0v) is 15.9. The Morgan fingerprint density at radius 2 is 2.00 bits per heavy atom. The number of rotatable bonds is 6. The zero-order chi connectivity index (χ0) is 18.7. The molecule has 0 fully saturated rings. The van der Waals surface area contributed by atoms with Crippen LogP contribution in [0.5, 0.6) is 5.75 Å². The minimum Gasteiger partial charge on any atom is -0.484 e. The number of hydrogen-bond donors (Lipinski definition) is 1. The third-order valence-electron chi connectivity index (χ3n) is 3.50. The zero-order valence-electron chi connectivity index (χ0n) is 13.5. The highest BCUT2D eigenvalue weighted by Gasteiger charge is 2.23. The molecular formula is C17H14ClFN2O3S2. The fourth-order valence-corrected chi connectivity index (χ4v) is 4.38.